The molecule has 0 spiro atoms. The highest BCUT2D eigenvalue weighted by Crippen LogP contribution is 2.41. The molecule has 2 aromatic rings. The van der Waals surface area contributed by atoms with Crippen LogP contribution in [-0.4, -0.2) is 41.7 Å². The second-order valence-electron chi connectivity index (χ2n) is 9.27. The van der Waals surface area contributed by atoms with Gasteiger partial charge in [0.1, 0.15) is 0 Å². The van der Waals surface area contributed by atoms with Gasteiger partial charge in [0.05, 0.1) is 5.56 Å². The summed E-state index contributed by atoms with van der Waals surface area (Å²) in [7, 11) is 0. The molecule has 2 aromatic carbocycles. The van der Waals surface area contributed by atoms with Crippen LogP contribution in [0.2, 0.25) is 0 Å². The lowest BCUT2D eigenvalue weighted by Gasteiger charge is -2.48. The van der Waals surface area contributed by atoms with Gasteiger partial charge in [-0.15, -0.1) is 0 Å². The molecule has 0 bridgehead atoms. The highest BCUT2D eigenvalue weighted by atomic mass is 16.4. The number of hydrogen-bond donors (Lipinski definition) is 2. The molecule has 158 valence electrons. The van der Waals surface area contributed by atoms with Gasteiger partial charge in [-0.25, -0.2) is 4.79 Å². The van der Waals surface area contributed by atoms with Crippen LogP contribution in [-0.2, 0) is 6.54 Å². The number of benzene rings is 2. The number of rotatable bonds is 9. The Morgan fingerprint density at radius 3 is 2.50 bits per heavy atom. The van der Waals surface area contributed by atoms with Gasteiger partial charge in [0.2, 0.25) is 0 Å². The van der Waals surface area contributed by atoms with Crippen molar-refractivity contribution in [3.8, 4) is 0 Å². The normalized spacial score (nSPS) is 23.1. The molecule has 0 aromatic heterocycles. The molecule has 1 aliphatic heterocycles. The lowest BCUT2D eigenvalue weighted by molar-refractivity contribution is 0.00931. The summed E-state index contributed by atoms with van der Waals surface area (Å²) in [5.41, 5.74) is 4.71. The van der Waals surface area contributed by atoms with Crippen LogP contribution in [0.15, 0.2) is 60.2 Å². The molecule has 2 N–H and O–H groups in total. The van der Waals surface area contributed by atoms with Crippen molar-refractivity contribution in [1.29, 1.82) is 0 Å². The Bertz CT molecular complexity index is 898. The van der Waals surface area contributed by atoms with Gasteiger partial charge in [-0.3, -0.25) is 4.90 Å². The number of nitrogens with zero attached hydrogens (tertiary/aromatic N) is 1. The summed E-state index contributed by atoms with van der Waals surface area (Å²) in [6.07, 6.45) is 4.74. The molecule has 30 heavy (non-hydrogen) atoms. The lowest BCUT2D eigenvalue weighted by Crippen LogP contribution is -2.58. The molecule has 1 saturated heterocycles. The van der Waals surface area contributed by atoms with E-state index in [0.29, 0.717) is 22.9 Å². The fraction of sp³-hybridized carbons (Fsp3) is 0.423. The zero-order valence-corrected chi connectivity index (χ0v) is 18.0. The molecule has 2 atom stereocenters. The van der Waals surface area contributed by atoms with Crippen molar-refractivity contribution in [3.05, 3.63) is 76.9 Å². The van der Waals surface area contributed by atoms with Gasteiger partial charge in [0.15, 0.2) is 0 Å². The Hall–Kier alpha value is -2.43. The van der Waals surface area contributed by atoms with E-state index in [-0.39, 0.29) is 0 Å². The van der Waals surface area contributed by atoms with Crippen LogP contribution in [0.25, 0.3) is 6.08 Å². The van der Waals surface area contributed by atoms with Crippen molar-refractivity contribution in [3.63, 3.8) is 0 Å². The van der Waals surface area contributed by atoms with Crippen LogP contribution in [0.1, 0.15) is 48.2 Å². The number of likely N-dealkylation sites (tertiary alicyclic amines) is 1. The van der Waals surface area contributed by atoms with E-state index >= 15 is 0 Å². The zero-order valence-electron chi connectivity index (χ0n) is 18.0. The van der Waals surface area contributed by atoms with E-state index in [9.17, 15) is 4.79 Å². The van der Waals surface area contributed by atoms with E-state index in [1.807, 2.05) is 12.1 Å². The molecule has 1 heterocycles. The first-order valence-electron chi connectivity index (χ1n) is 11.0. The third-order valence-electron chi connectivity index (χ3n) is 6.44. The van der Waals surface area contributed by atoms with E-state index in [1.54, 1.807) is 17.7 Å². The molecular weight excluding hydrogens is 372 g/mol. The monoisotopic (exact) mass is 404 g/mol. The average Bonchev–Trinajstić information content (AvgIpc) is 3.50. The summed E-state index contributed by atoms with van der Waals surface area (Å²) < 4.78 is 0. The Morgan fingerprint density at radius 2 is 1.87 bits per heavy atom. The lowest BCUT2D eigenvalue weighted by atomic mass is 9.81. The van der Waals surface area contributed by atoms with E-state index in [4.69, 9.17) is 5.11 Å². The molecule has 4 nitrogen and oxygen atoms in total. The van der Waals surface area contributed by atoms with Crippen LogP contribution < -0.4 is 5.32 Å². The van der Waals surface area contributed by atoms with Crippen molar-refractivity contribution in [2.24, 2.45) is 11.3 Å². The third kappa shape index (κ3) is 5.00. The van der Waals surface area contributed by atoms with E-state index in [0.717, 1.165) is 32.6 Å². The summed E-state index contributed by atoms with van der Waals surface area (Å²) in [6.45, 7) is 8.74. The fourth-order valence-corrected chi connectivity index (χ4v) is 4.71. The molecule has 0 amide bonds. The predicted molar refractivity (Wildman–Crippen MR) is 121 cm³/mol. The maximum absolute atomic E-state index is 11.0. The maximum atomic E-state index is 11.0. The molecular formula is C26H32N2O2. The molecule has 2 fully saturated rings. The molecule has 4 heteroatoms. The van der Waals surface area contributed by atoms with E-state index in [1.165, 1.54) is 17.5 Å². The molecule has 2 aliphatic rings. The van der Waals surface area contributed by atoms with Crippen LogP contribution in [0.5, 0.6) is 0 Å². The van der Waals surface area contributed by atoms with Gasteiger partial charge in [0.25, 0.3) is 0 Å². The largest absolute Gasteiger partial charge is 0.478 e. The van der Waals surface area contributed by atoms with Crippen LogP contribution >= 0.6 is 0 Å². The Kier molecular flexibility index (Phi) is 6.07. The quantitative estimate of drug-likeness (QED) is 0.637. The summed E-state index contributed by atoms with van der Waals surface area (Å²) in [6, 6.07) is 18.5. The van der Waals surface area contributed by atoms with Crippen molar-refractivity contribution in [1.82, 2.24) is 10.2 Å². The third-order valence-corrected chi connectivity index (χ3v) is 6.44. The highest BCUT2D eigenvalue weighted by Gasteiger charge is 2.43. The Morgan fingerprint density at radius 1 is 1.17 bits per heavy atom. The minimum absolute atomic E-state index is 0.323. The van der Waals surface area contributed by atoms with Crippen LogP contribution in [0.3, 0.4) is 0 Å². The number of carbonyl (C=O) groups is 1. The molecule has 1 saturated carbocycles. The number of nitrogens with one attached hydrogen (secondary N) is 1. The van der Waals surface area contributed by atoms with Crippen molar-refractivity contribution in [2.75, 3.05) is 19.6 Å². The molecule has 1 unspecified atom stereocenters. The number of carboxylic acid groups (broad SMARTS) is 1. The first-order valence-corrected chi connectivity index (χ1v) is 11.0. The van der Waals surface area contributed by atoms with Crippen molar-refractivity contribution in [2.45, 2.75) is 39.3 Å². The second-order valence-corrected chi connectivity index (χ2v) is 9.27. The highest BCUT2D eigenvalue weighted by molar-refractivity contribution is 5.87. The van der Waals surface area contributed by atoms with Gasteiger partial charge in [0, 0.05) is 37.6 Å². The number of carboxylic acids is 1. The zero-order chi connectivity index (χ0) is 21.1. The van der Waals surface area contributed by atoms with Crippen LogP contribution in [0, 0.1) is 11.3 Å². The Balaban J connectivity index is 1.22. The molecule has 1 aliphatic carbocycles. The van der Waals surface area contributed by atoms with Gasteiger partial charge >= 0.3 is 5.97 Å². The van der Waals surface area contributed by atoms with Crippen molar-refractivity contribution >= 4 is 12.0 Å². The summed E-state index contributed by atoms with van der Waals surface area (Å²) in [5, 5.41) is 12.8. The van der Waals surface area contributed by atoms with Gasteiger partial charge in [-0.05, 0) is 42.0 Å². The molecule has 4 rings (SSSR count). The van der Waals surface area contributed by atoms with E-state index in [2.05, 4.69) is 60.5 Å². The SMILES string of the molecule is CCC(=Cc1ccccc1)C1C[C@@H]1NCC1(C)CN(Cc2ccc(C(=O)O)cc2)C1. The van der Waals surface area contributed by atoms with E-state index < -0.39 is 5.97 Å². The minimum Gasteiger partial charge on any atom is -0.478 e. The number of hydrogen-bond acceptors (Lipinski definition) is 3. The fourth-order valence-electron chi connectivity index (χ4n) is 4.71. The summed E-state index contributed by atoms with van der Waals surface area (Å²) in [5.74, 6) is -0.185. The Labute approximate surface area is 179 Å². The predicted octanol–water partition coefficient (Wildman–Crippen LogP) is 4.68. The first-order chi connectivity index (χ1) is 14.5. The standard InChI is InChI=1S/C26H32N2O2/c1-3-21(13-19-7-5-4-6-8-19)23-14-24(23)27-16-26(2)17-28(18-26)15-20-9-11-22(12-10-20)25(29)30/h4-13,23-24,27H,3,14-18H2,1-2H3,(H,29,30)/t23?,24-/m0/s1. The van der Waals surface area contributed by atoms with Gasteiger partial charge in [-0.1, -0.05) is 68.0 Å². The number of aromatic carboxylic acids is 1. The van der Waals surface area contributed by atoms with Crippen molar-refractivity contribution < 1.29 is 9.90 Å². The summed E-state index contributed by atoms with van der Waals surface area (Å²) >= 11 is 0. The smallest absolute Gasteiger partial charge is 0.335 e. The summed E-state index contributed by atoms with van der Waals surface area (Å²) in [4.78, 5) is 13.4. The minimum atomic E-state index is -0.868. The van der Waals surface area contributed by atoms with Gasteiger partial charge in [-0.2, -0.15) is 0 Å². The average molecular weight is 405 g/mol. The van der Waals surface area contributed by atoms with Gasteiger partial charge < -0.3 is 10.4 Å². The second kappa shape index (κ2) is 8.75. The molecule has 0 radical (unpaired) electrons. The van der Waals surface area contributed by atoms with Crippen LogP contribution in [0.4, 0.5) is 0 Å². The first kappa shape index (κ1) is 20.8. The topological polar surface area (TPSA) is 52.6 Å². The maximum Gasteiger partial charge on any atom is 0.335 e.